The Morgan fingerprint density at radius 2 is 2.23 bits per heavy atom. The third-order valence-electron chi connectivity index (χ3n) is 4.49. The molecule has 0 spiro atoms. The number of aliphatic hydroxyl groups excluding tert-OH is 1. The molecule has 2 aromatic heterocycles. The molecule has 6 heteroatoms. The summed E-state index contributed by atoms with van der Waals surface area (Å²) >= 11 is 0. The van der Waals surface area contributed by atoms with Gasteiger partial charge in [-0.3, -0.25) is 14.5 Å². The van der Waals surface area contributed by atoms with Crippen LogP contribution in [0.2, 0.25) is 0 Å². The molecule has 2 heterocycles. The summed E-state index contributed by atoms with van der Waals surface area (Å²) in [7, 11) is 0. The van der Waals surface area contributed by atoms with Gasteiger partial charge in [0.1, 0.15) is 0 Å². The standard InChI is InChI=1S/C16H18N4O2/c21-14-9-13(15(14)20-7-1-5-18-20)19-16(22)11-4-6-17-12(8-11)10-2-3-10/h1,4-8,10,13-15,21H,2-3,9H2,(H,19,22)/t13-,14+,15+/m0/s1. The molecule has 0 saturated heterocycles. The maximum atomic E-state index is 12.4. The first-order valence-corrected chi connectivity index (χ1v) is 7.66. The number of amides is 1. The molecule has 114 valence electrons. The Hall–Kier alpha value is -2.21. The van der Waals surface area contributed by atoms with E-state index >= 15 is 0 Å². The summed E-state index contributed by atoms with van der Waals surface area (Å²) in [6.45, 7) is 0. The molecule has 6 nitrogen and oxygen atoms in total. The Morgan fingerprint density at radius 1 is 1.36 bits per heavy atom. The third-order valence-corrected chi connectivity index (χ3v) is 4.49. The molecule has 0 aliphatic heterocycles. The molecule has 4 rings (SSSR count). The van der Waals surface area contributed by atoms with Crippen LogP contribution in [0.4, 0.5) is 0 Å². The van der Waals surface area contributed by atoms with Crippen molar-refractivity contribution in [1.82, 2.24) is 20.1 Å². The monoisotopic (exact) mass is 298 g/mol. The van der Waals surface area contributed by atoms with Crippen LogP contribution in [0.5, 0.6) is 0 Å². The molecule has 0 aromatic carbocycles. The molecule has 0 radical (unpaired) electrons. The molecule has 2 fully saturated rings. The summed E-state index contributed by atoms with van der Waals surface area (Å²) in [4.78, 5) is 16.7. The molecule has 2 aliphatic rings. The van der Waals surface area contributed by atoms with Crippen LogP contribution in [-0.2, 0) is 0 Å². The second-order valence-electron chi connectivity index (χ2n) is 6.10. The summed E-state index contributed by atoms with van der Waals surface area (Å²) < 4.78 is 1.71. The zero-order chi connectivity index (χ0) is 15.1. The van der Waals surface area contributed by atoms with Crippen LogP contribution < -0.4 is 5.32 Å². The highest BCUT2D eigenvalue weighted by atomic mass is 16.3. The van der Waals surface area contributed by atoms with Crippen LogP contribution in [0.25, 0.3) is 0 Å². The van der Waals surface area contributed by atoms with E-state index in [0.29, 0.717) is 17.9 Å². The van der Waals surface area contributed by atoms with Gasteiger partial charge in [-0.2, -0.15) is 5.10 Å². The number of rotatable bonds is 4. The minimum Gasteiger partial charge on any atom is -0.391 e. The van der Waals surface area contributed by atoms with E-state index < -0.39 is 6.10 Å². The maximum absolute atomic E-state index is 12.4. The van der Waals surface area contributed by atoms with Crippen LogP contribution in [0.3, 0.4) is 0 Å². The van der Waals surface area contributed by atoms with Crippen molar-refractivity contribution in [3.05, 3.63) is 48.0 Å². The summed E-state index contributed by atoms with van der Waals surface area (Å²) in [6.07, 6.45) is 7.59. The van der Waals surface area contributed by atoms with Gasteiger partial charge in [0.05, 0.1) is 18.2 Å². The van der Waals surface area contributed by atoms with E-state index in [0.717, 1.165) is 18.5 Å². The normalized spacial score (nSPS) is 27.2. The van der Waals surface area contributed by atoms with E-state index in [-0.39, 0.29) is 18.0 Å². The predicted molar refractivity (Wildman–Crippen MR) is 79.4 cm³/mol. The summed E-state index contributed by atoms with van der Waals surface area (Å²) in [5.41, 5.74) is 1.64. The number of hydrogen-bond acceptors (Lipinski definition) is 4. The second kappa shape index (κ2) is 5.21. The molecular weight excluding hydrogens is 280 g/mol. The maximum Gasteiger partial charge on any atom is 0.251 e. The summed E-state index contributed by atoms with van der Waals surface area (Å²) in [6, 6.07) is 5.14. The zero-order valence-corrected chi connectivity index (χ0v) is 12.1. The van der Waals surface area contributed by atoms with Crippen LogP contribution in [-0.4, -0.2) is 37.9 Å². The van der Waals surface area contributed by atoms with Crippen molar-refractivity contribution in [2.24, 2.45) is 0 Å². The average Bonchev–Trinajstić information content (AvgIpc) is 3.25. The van der Waals surface area contributed by atoms with Crippen molar-refractivity contribution in [3.8, 4) is 0 Å². The van der Waals surface area contributed by atoms with Gasteiger partial charge in [-0.05, 0) is 37.5 Å². The first kappa shape index (κ1) is 13.5. The summed E-state index contributed by atoms with van der Waals surface area (Å²) in [5, 5.41) is 17.1. The first-order chi connectivity index (χ1) is 10.7. The summed E-state index contributed by atoms with van der Waals surface area (Å²) in [5.74, 6) is 0.411. The fourth-order valence-corrected chi connectivity index (χ4v) is 3.02. The highest BCUT2D eigenvalue weighted by Crippen LogP contribution is 2.39. The largest absolute Gasteiger partial charge is 0.391 e. The Bertz CT molecular complexity index is 681. The average molecular weight is 298 g/mol. The molecule has 0 unspecified atom stereocenters. The lowest BCUT2D eigenvalue weighted by Crippen LogP contribution is -2.56. The quantitative estimate of drug-likeness (QED) is 0.890. The van der Waals surface area contributed by atoms with Crippen molar-refractivity contribution < 1.29 is 9.90 Å². The Labute approximate surface area is 128 Å². The van der Waals surface area contributed by atoms with Crippen LogP contribution in [0.15, 0.2) is 36.8 Å². The highest BCUT2D eigenvalue weighted by Gasteiger charge is 2.42. The van der Waals surface area contributed by atoms with Crippen LogP contribution in [0, 0.1) is 0 Å². The van der Waals surface area contributed by atoms with Crippen molar-refractivity contribution in [1.29, 1.82) is 0 Å². The first-order valence-electron chi connectivity index (χ1n) is 7.66. The van der Waals surface area contributed by atoms with Gasteiger partial charge >= 0.3 is 0 Å². The van der Waals surface area contributed by atoms with Gasteiger partial charge < -0.3 is 10.4 Å². The number of pyridine rings is 1. The number of carbonyl (C=O) groups is 1. The molecule has 2 N–H and O–H groups in total. The predicted octanol–water partition coefficient (Wildman–Crippen LogP) is 1.26. The number of nitrogens with zero attached hydrogens (tertiary/aromatic N) is 3. The van der Waals surface area contributed by atoms with Gasteiger partial charge in [0.15, 0.2) is 0 Å². The lowest BCUT2D eigenvalue weighted by atomic mass is 9.83. The SMILES string of the molecule is O=C(N[C@H]1C[C@@H](O)[C@@H]1n1cccn1)c1ccnc(C2CC2)c1. The minimum atomic E-state index is -0.468. The molecule has 2 aromatic rings. The van der Waals surface area contributed by atoms with Crippen molar-refractivity contribution in [2.75, 3.05) is 0 Å². The number of hydrogen-bond donors (Lipinski definition) is 2. The minimum absolute atomic E-state index is 0.0973. The fourth-order valence-electron chi connectivity index (χ4n) is 3.02. The topological polar surface area (TPSA) is 80.0 Å². The molecule has 1 amide bonds. The molecule has 3 atom stereocenters. The van der Waals surface area contributed by atoms with E-state index in [2.05, 4.69) is 15.4 Å². The molecule has 2 saturated carbocycles. The Kier molecular flexibility index (Phi) is 3.18. The Balaban J connectivity index is 1.46. The van der Waals surface area contributed by atoms with E-state index in [4.69, 9.17) is 0 Å². The van der Waals surface area contributed by atoms with E-state index in [1.807, 2.05) is 18.3 Å². The number of nitrogens with one attached hydrogen (secondary N) is 1. The Morgan fingerprint density at radius 3 is 2.91 bits per heavy atom. The highest BCUT2D eigenvalue weighted by molar-refractivity contribution is 5.94. The van der Waals surface area contributed by atoms with E-state index in [9.17, 15) is 9.90 Å². The van der Waals surface area contributed by atoms with Gasteiger partial charge in [-0.25, -0.2) is 0 Å². The van der Waals surface area contributed by atoms with Gasteiger partial charge in [0.2, 0.25) is 0 Å². The fraction of sp³-hybridized carbons (Fsp3) is 0.438. The van der Waals surface area contributed by atoms with Crippen molar-refractivity contribution >= 4 is 5.91 Å². The van der Waals surface area contributed by atoms with Gasteiger partial charge in [0, 0.05) is 35.8 Å². The number of aromatic nitrogens is 3. The van der Waals surface area contributed by atoms with Gasteiger partial charge in [0.25, 0.3) is 5.91 Å². The second-order valence-corrected chi connectivity index (χ2v) is 6.10. The number of aliphatic hydroxyl groups is 1. The van der Waals surface area contributed by atoms with Gasteiger partial charge in [-0.1, -0.05) is 0 Å². The van der Waals surface area contributed by atoms with E-state index in [1.165, 1.54) is 0 Å². The third kappa shape index (κ3) is 2.39. The smallest absolute Gasteiger partial charge is 0.251 e. The molecule has 22 heavy (non-hydrogen) atoms. The van der Waals surface area contributed by atoms with Crippen molar-refractivity contribution in [3.63, 3.8) is 0 Å². The van der Waals surface area contributed by atoms with Gasteiger partial charge in [-0.15, -0.1) is 0 Å². The van der Waals surface area contributed by atoms with E-state index in [1.54, 1.807) is 23.1 Å². The molecule has 0 bridgehead atoms. The zero-order valence-electron chi connectivity index (χ0n) is 12.1. The lowest BCUT2D eigenvalue weighted by Gasteiger charge is -2.41. The van der Waals surface area contributed by atoms with Crippen molar-refractivity contribution in [2.45, 2.75) is 43.4 Å². The molecular formula is C16H18N4O2. The number of carbonyl (C=O) groups excluding carboxylic acids is 1. The molecule has 2 aliphatic carbocycles. The van der Waals surface area contributed by atoms with Crippen LogP contribution >= 0.6 is 0 Å². The van der Waals surface area contributed by atoms with Crippen LogP contribution in [0.1, 0.15) is 47.3 Å². The lowest BCUT2D eigenvalue weighted by molar-refractivity contribution is -0.00588.